The second-order valence-electron chi connectivity index (χ2n) is 5.73. The number of aliphatic hydroxyl groups is 1. The van der Waals surface area contributed by atoms with Crippen molar-refractivity contribution in [2.24, 2.45) is 0 Å². The van der Waals surface area contributed by atoms with Gasteiger partial charge < -0.3 is 10.0 Å². The summed E-state index contributed by atoms with van der Waals surface area (Å²) in [5.41, 5.74) is 2.01. The molecule has 4 nitrogen and oxygen atoms in total. The van der Waals surface area contributed by atoms with E-state index in [4.69, 9.17) is 0 Å². The first kappa shape index (κ1) is 16.2. The van der Waals surface area contributed by atoms with Gasteiger partial charge in [0, 0.05) is 23.2 Å². The van der Waals surface area contributed by atoms with Crippen molar-refractivity contribution < 1.29 is 9.90 Å². The Morgan fingerprint density at radius 1 is 1.09 bits per heavy atom. The lowest BCUT2D eigenvalue weighted by Crippen LogP contribution is -2.57. The molecule has 0 bridgehead atoms. The van der Waals surface area contributed by atoms with Crippen LogP contribution in [0.2, 0.25) is 0 Å². The smallest absolute Gasteiger partial charge is 0.241 e. The summed E-state index contributed by atoms with van der Waals surface area (Å²) in [7, 11) is 0. The number of rotatable bonds is 4. The third kappa shape index (κ3) is 3.80. The molecule has 23 heavy (non-hydrogen) atoms. The molecule has 3 rings (SSSR count). The van der Waals surface area contributed by atoms with Gasteiger partial charge in [-0.2, -0.15) is 0 Å². The van der Waals surface area contributed by atoms with Crippen LogP contribution < -0.4 is 4.90 Å². The van der Waals surface area contributed by atoms with Gasteiger partial charge in [-0.1, -0.05) is 46.3 Å². The third-order valence-electron chi connectivity index (χ3n) is 4.03. The Labute approximate surface area is 144 Å². The van der Waals surface area contributed by atoms with Crippen molar-refractivity contribution in [3.8, 4) is 0 Å². The maximum atomic E-state index is 12.6. The number of anilines is 1. The highest BCUT2D eigenvalue weighted by molar-refractivity contribution is 9.10. The number of aliphatic hydroxyl groups excluding tert-OH is 1. The first-order valence-electron chi connectivity index (χ1n) is 7.62. The summed E-state index contributed by atoms with van der Waals surface area (Å²) in [5, 5.41) is 9.75. The van der Waals surface area contributed by atoms with Crippen LogP contribution in [0.4, 0.5) is 5.69 Å². The van der Waals surface area contributed by atoms with Crippen molar-refractivity contribution in [3.63, 3.8) is 0 Å². The van der Waals surface area contributed by atoms with Crippen molar-refractivity contribution in [1.29, 1.82) is 0 Å². The van der Waals surface area contributed by atoms with E-state index in [9.17, 15) is 9.90 Å². The van der Waals surface area contributed by atoms with Gasteiger partial charge in [0.2, 0.25) is 5.91 Å². The molecule has 0 radical (unpaired) electrons. The zero-order valence-electron chi connectivity index (χ0n) is 12.7. The Morgan fingerprint density at radius 2 is 1.78 bits per heavy atom. The fourth-order valence-corrected chi connectivity index (χ4v) is 3.24. The molecule has 1 atom stereocenters. The van der Waals surface area contributed by atoms with Crippen molar-refractivity contribution in [1.82, 2.24) is 4.90 Å². The van der Waals surface area contributed by atoms with Crippen LogP contribution in [0.15, 0.2) is 59.1 Å². The molecule has 0 unspecified atom stereocenters. The monoisotopic (exact) mass is 374 g/mol. The maximum Gasteiger partial charge on any atom is 0.241 e. The number of hydrogen-bond acceptors (Lipinski definition) is 3. The highest BCUT2D eigenvalue weighted by Crippen LogP contribution is 2.24. The molecular weight excluding hydrogens is 356 g/mol. The molecule has 1 heterocycles. The largest absolute Gasteiger partial charge is 0.394 e. The van der Waals surface area contributed by atoms with Crippen molar-refractivity contribution in [2.45, 2.75) is 12.6 Å². The molecule has 1 amide bonds. The number of nitrogens with zero attached hydrogens (tertiary/aromatic N) is 2. The van der Waals surface area contributed by atoms with Gasteiger partial charge in [0.05, 0.1) is 19.2 Å². The van der Waals surface area contributed by atoms with Crippen LogP contribution in [0.25, 0.3) is 0 Å². The van der Waals surface area contributed by atoms with Crippen molar-refractivity contribution in [3.05, 3.63) is 64.6 Å². The minimum Gasteiger partial charge on any atom is -0.394 e. The average Bonchev–Trinajstić information content (AvgIpc) is 2.56. The fraction of sp³-hybridized carbons (Fsp3) is 0.278. The Balaban J connectivity index is 1.76. The van der Waals surface area contributed by atoms with Gasteiger partial charge in [0.25, 0.3) is 0 Å². The lowest BCUT2D eigenvalue weighted by atomic mass is 10.1. The second kappa shape index (κ2) is 7.25. The van der Waals surface area contributed by atoms with E-state index in [0.717, 1.165) is 16.7 Å². The van der Waals surface area contributed by atoms with E-state index in [-0.39, 0.29) is 18.6 Å². The van der Waals surface area contributed by atoms with Gasteiger partial charge >= 0.3 is 0 Å². The van der Waals surface area contributed by atoms with Gasteiger partial charge in [0.1, 0.15) is 0 Å². The quantitative estimate of drug-likeness (QED) is 0.894. The van der Waals surface area contributed by atoms with Crippen LogP contribution in [-0.4, -0.2) is 41.7 Å². The lowest BCUT2D eigenvalue weighted by molar-refractivity contribution is -0.122. The predicted molar refractivity (Wildman–Crippen MR) is 94.2 cm³/mol. The molecule has 0 saturated carbocycles. The molecule has 2 aromatic carbocycles. The predicted octanol–water partition coefficient (Wildman–Crippen LogP) is 2.66. The van der Waals surface area contributed by atoms with E-state index in [0.29, 0.717) is 13.1 Å². The van der Waals surface area contributed by atoms with Crippen LogP contribution in [0.1, 0.15) is 5.56 Å². The minimum absolute atomic E-state index is 0.0218. The van der Waals surface area contributed by atoms with E-state index in [2.05, 4.69) is 33.0 Å². The highest BCUT2D eigenvalue weighted by Gasteiger charge is 2.33. The molecule has 0 spiro atoms. The average molecular weight is 375 g/mol. The van der Waals surface area contributed by atoms with Crippen LogP contribution in [0.3, 0.4) is 0 Å². The Hall–Kier alpha value is -1.69. The van der Waals surface area contributed by atoms with Crippen LogP contribution in [0, 0.1) is 0 Å². The summed E-state index contributed by atoms with van der Waals surface area (Å²) in [4.78, 5) is 16.4. The zero-order chi connectivity index (χ0) is 16.2. The maximum absolute atomic E-state index is 12.6. The highest BCUT2D eigenvalue weighted by atomic mass is 79.9. The fourth-order valence-electron chi connectivity index (χ4n) is 2.97. The number of amides is 1. The van der Waals surface area contributed by atoms with Gasteiger partial charge in [-0.15, -0.1) is 0 Å². The summed E-state index contributed by atoms with van der Waals surface area (Å²) in [6.45, 7) is 1.69. The van der Waals surface area contributed by atoms with Gasteiger partial charge in [0.15, 0.2) is 0 Å². The summed E-state index contributed by atoms with van der Waals surface area (Å²) >= 11 is 3.40. The molecule has 1 fully saturated rings. The Bertz CT molecular complexity index is 660. The Kier molecular flexibility index (Phi) is 5.10. The summed E-state index contributed by atoms with van der Waals surface area (Å²) < 4.78 is 0.969. The van der Waals surface area contributed by atoms with Crippen LogP contribution >= 0.6 is 15.9 Å². The van der Waals surface area contributed by atoms with Gasteiger partial charge in [-0.05, 0) is 29.8 Å². The standard InChI is InChI=1S/C18H19BrN2O2/c19-15-6-8-16(9-7-15)21-17(13-22)11-20(12-18(21)23)10-14-4-2-1-3-5-14/h1-9,17,22H,10-13H2/t17-/m1/s1. The number of halogens is 1. The summed E-state index contributed by atoms with van der Waals surface area (Å²) in [6, 6.07) is 17.5. The molecule has 1 N–H and O–H groups in total. The molecule has 0 aliphatic carbocycles. The van der Waals surface area contributed by atoms with E-state index in [1.54, 1.807) is 4.90 Å². The topological polar surface area (TPSA) is 43.8 Å². The van der Waals surface area contributed by atoms with E-state index < -0.39 is 0 Å². The Morgan fingerprint density at radius 3 is 2.43 bits per heavy atom. The van der Waals surface area contributed by atoms with E-state index in [1.807, 2.05) is 42.5 Å². The van der Waals surface area contributed by atoms with E-state index >= 15 is 0 Å². The number of piperazine rings is 1. The first-order chi connectivity index (χ1) is 11.2. The second-order valence-corrected chi connectivity index (χ2v) is 6.65. The molecule has 1 aliphatic rings. The van der Waals surface area contributed by atoms with Crippen molar-refractivity contribution >= 4 is 27.5 Å². The molecule has 5 heteroatoms. The minimum atomic E-state index is -0.221. The first-order valence-corrected chi connectivity index (χ1v) is 8.41. The number of hydrogen-bond donors (Lipinski definition) is 1. The molecule has 2 aromatic rings. The normalized spacial score (nSPS) is 19.1. The molecule has 120 valence electrons. The summed E-state index contributed by atoms with van der Waals surface area (Å²) in [6.07, 6.45) is 0. The third-order valence-corrected chi connectivity index (χ3v) is 4.55. The molecule has 1 aliphatic heterocycles. The molecule has 1 saturated heterocycles. The van der Waals surface area contributed by atoms with Gasteiger partial charge in [-0.3, -0.25) is 9.69 Å². The summed E-state index contributed by atoms with van der Waals surface area (Å²) in [5.74, 6) is 0.0218. The van der Waals surface area contributed by atoms with Gasteiger partial charge in [-0.25, -0.2) is 0 Å². The number of benzene rings is 2. The molecular formula is C18H19BrN2O2. The van der Waals surface area contributed by atoms with Crippen LogP contribution in [0.5, 0.6) is 0 Å². The zero-order valence-corrected chi connectivity index (χ0v) is 14.3. The number of carbonyl (C=O) groups excluding carboxylic acids is 1. The number of carbonyl (C=O) groups is 1. The van der Waals surface area contributed by atoms with E-state index in [1.165, 1.54) is 5.56 Å². The van der Waals surface area contributed by atoms with Crippen molar-refractivity contribution in [2.75, 3.05) is 24.6 Å². The van der Waals surface area contributed by atoms with Crippen LogP contribution in [-0.2, 0) is 11.3 Å². The SMILES string of the molecule is O=C1CN(Cc2ccccc2)C[C@H](CO)N1c1ccc(Br)cc1. The molecule has 0 aromatic heterocycles. The lowest BCUT2D eigenvalue weighted by Gasteiger charge is -2.40.